The van der Waals surface area contributed by atoms with Gasteiger partial charge in [0.25, 0.3) is 0 Å². The van der Waals surface area contributed by atoms with Gasteiger partial charge >= 0.3 is 0 Å². The second-order valence-corrected chi connectivity index (χ2v) is 5.63. The lowest BCUT2D eigenvalue weighted by atomic mass is 9.88. The van der Waals surface area contributed by atoms with Gasteiger partial charge < -0.3 is 4.74 Å². The van der Waals surface area contributed by atoms with E-state index in [0.717, 1.165) is 12.0 Å². The van der Waals surface area contributed by atoms with Crippen LogP contribution in [0.15, 0.2) is 22.7 Å². The summed E-state index contributed by atoms with van der Waals surface area (Å²) in [6.07, 6.45) is 1.53. The van der Waals surface area contributed by atoms with Crippen LogP contribution in [0.1, 0.15) is 32.8 Å². The van der Waals surface area contributed by atoms with Crippen LogP contribution in [0.5, 0.6) is 0 Å². The van der Waals surface area contributed by atoms with Crippen LogP contribution in [0.4, 0.5) is 4.39 Å². The van der Waals surface area contributed by atoms with Gasteiger partial charge in [-0.25, -0.2) is 4.39 Å². The molecule has 3 nitrogen and oxygen atoms in total. The van der Waals surface area contributed by atoms with Gasteiger partial charge in [0.2, 0.25) is 0 Å². The molecule has 0 amide bonds. The number of benzene rings is 1. The van der Waals surface area contributed by atoms with Gasteiger partial charge in [0.1, 0.15) is 5.82 Å². The Morgan fingerprint density at radius 1 is 1.47 bits per heavy atom. The molecule has 0 fully saturated rings. The van der Waals surface area contributed by atoms with Crippen LogP contribution in [0.2, 0.25) is 0 Å². The summed E-state index contributed by atoms with van der Waals surface area (Å²) in [5.74, 6) is 5.40. The van der Waals surface area contributed by atoms with Crippen molar-refractivity contribution in [1.29, 1.82) is 0 Å². The Hall–Kier alpha value is -0.490. The lowest BCUT2D eigenvalue weighted by Crippen LogP contribution is -2.54. The summed E-state index contributed by atoms with van der Waals surface area (Å²) in [6.45, 7) is 6.71. The molecular formula is C14H22BrFN2O. The minimum absolute atomic E-state index is 0.0326. The fourth-order valence-electron chi connectivity index (χ4n) is 2.13. The fraction of sp³-hybridized carbons (Fsp3) is 0.571. The average Bonchev–Trinajstić information content (AvgIpc) is 2.40. The zero-order chi connectivity index (χ0) is 14.5. The van der Waals surface area contributed by atoms with E-state index in [1.54, 1.807) is 12.1 Å². The number of rotatable bonds is 7. The van der Waals surface area contributed by atoms with Gasteiger partial charge in [-0.15, -0.1) is 0 Å². The first kappa shape index (κ1) is 16.6. The third-order valence-electron chi connectivity index (χ3n) is 3.54. The highest BCUT2D eigenvalue weighted by Gasteiger charge is 2.32. The van der Waals surface area contributed by atoms with E-state index >= 15 is 0 Å². The van der Waals surface area contributed by atoms with Crippen LogP contribution in [0.25, 0.3) is 0 Å². The van der Waals surface area contributed by atoms with E-state index in [1.165, 1.54) is 6.07 Å². The van der Waals surface area contributed by atoms with Crippen molar-refractivity contribution in [2.24, 2.45) is 5.84 Å². The molecular weight excluding hydrogens is 311 g/mol. The van der Waals surface area contributed by atoms with E-state index in [4.69, 9.17) is 10.6 Å². The normalized spacial score (nSPS) is 16.1. The zero-order valence-corrected chi connectivity index (χ0v) is 13.3. The molecule has 108 valence electrons. The Morgan fingerprint density at radius 3 is 2.63 bits per heavy atom. The Kier molecular flexibility index (Phi) is 6.39. The molecule has 19 heavy (non-hydrogen) atoms. The summed E-state index contributed by atoms with van der Waals surface area (Å²) in [5.41, 5.74) is 3.49. The van der Waals surface area contributed by atoms with Gasteiger partial charge in [0, 0.05) is 6.61 Å². The van der Waals surface area contributed by atoms with Crippen LogP contribution >= 0.6 is 15.9 Å². The summed E-state index contributed by atoms with van der Waals surface area (Å²) in [4.78, 5) is 0. The topological polar surface area (TPSA) is 47.3 Å². The van der Waals surface area contributed by atoms with Crippen molar-refractivity contribution in [2.45, 2.75) is 45.3 Å². The van der Waals surface area contributed by atoms with Gasteiger partial charge in [-0.1, -0.05) is 13.0 Å². The summed E-state index contributed by atoms with van der Waals surface area (Å²) >= 11 is 3.20. The van der Waals surface area contributed by atoms with Crippen LogP contribution in [-0.2, 0) is 11.2 Å². The van der Waals surface area contributed by atoms with E-state index < -0.39 is 0 Å². The van der Waals surface area contributed by atoms with Crippen molar-refractivity contribution in [3.8, 4) is 0 Å². The molecule has 1 aromatic carbocycles. The average molecular weight is 333 g/mol. The second kappa shape index (κ2) is 7.33. The van der Waals surface area contributed by atoms with Crippen LogP contribution in [-0.4, -0.2) is 18.2 Å². The Balaban J connectivity index is 2.88. The third-order valence-corrected chi connectivity index (χ3v) is 4.15. The molecule has 0 bridgehead atoms. The molecule has 0 aliphatic rings. The van der Waals surface area contributed by atoms with Crippen molar-refractivity contribution in [2.75, 3.05) is 6.61 Å². The third kappa shape index (κ3) is 4.24. The zero-order valence-electron chi connectivity index (χ0n) is 11.7. The maximum Gasteiger partial charge on any atom is 0.137 e. The number of ether oxygens (including phenoxy) is 1. The van der Waals surface area contributed by atoms with Crippen molar-refractivity contribution >= 4 is 15.9 Å². The molecule has 0 saturated carbocycles. The first-order valence-electron chi connectivity index (χ1n) is 6.50. The molecule has 1 aromatic rings. The van der Waals surface area contributed by atoms with E-state index in [0.29, 0.717) is 17.5 Å². The van der Waals surface area contributed by atoms with Gasteiger partial charge in [0.05, 0.1) is 16.1 Å². The summed E-state index contributed by atoms with van der Waals surface area (Å²) in [5, 5.41) is 0. The molecule has 0 heterocycles. The lowest BCUT2D eigenvalue weighted by molar-refractivity contribution is -0.0550. The standard InChI is InChI=1S/C14H22BrFN2O/c1-4-14(3,19-5-2)13(18-17)9-10-6-7-12(16)11(15)8-10/h6-8,13,18H,4-5,9,17H2,1-3H3. The highest BCUT2D eigenvalue weighted by atomic mass is 79.9. The predicted molar refractivity (Wildman–Crippen MR) is 79.2 cm³/mol. The molecule has 0 aliphatic heterocycles. The van der Waals surface area contributed by atoms with Crippen molar-refractivity contribution in [1.82, 2.24) is 5.43 Å². The maximum absolute atomic E-state index is 13.2. The quantitative estimate of drug-likeness (QED) is 0.595. The number of hydrogen-bond acceptors (Lipinski definition) is 3. The number of nitrogens with one attached hydrogen (secondary N) is 1. The van der Waals surface area contributed by atoms with Crippen molar-refractivity contribution in [3.05, 3.63) is 34.1 Å². The number of halogens is 2. The Labute approximate surface area is 122 Å². The van der Waals surface area contributed by atoms with Crippen LogP contribution in [0.3, 0.4) is 0 Å². The van der Waals surface area contributed by atoms with E-state index in [2.05, 4.69) is 28.3 Å². The lowest BCUT2D eigenvalue weighted by Gasteiger charge is -2.36. The number of hydrogen-bond donors (Lipinski definition) is 2. The Morgan fingerprint density at radius 2 is 2.16 bits per heavy atom. The molecule has 0 saturated heterocycles. The molecule has 1 rings (SSSR count). The first-order chi connectivity index (χ1) is 8.96. The first-order valence-corrected chi connectivity index (χ1v) is 7.30. The highest BCUT2D eigenvalue weighted by molar-refractivity contribution is 9.10. The molecule has 5 heteroatoms. The van der Waals surface area contributed by atoms with Crippen LogP contribution in [0, 0.1) is 5.82 Å². The number of hydrazine groups is 1. The molecule has 0 spiro atoms. The van der Waals surface area contributed by atoms with Gasteiger partial charge in [-0.05, 0) is 60.3 Å². The summed E-state index contributed by atoms with van der Waals surface area (Å²) in [7, 11) is 0. The van der Waals surface area contributed by atoms with Crippen molar-refractivity contribution < 1.29 is 9.13 Å². The molecule has 2 atom stereocenters. The van der Waals surface area contributed by atoms with Gasteiger partial charge in [-0.3, -0.25) is 11.3 Å². The molecule has 3 N–H and O–H groups in total. The summed E-state index contributed by atoms with van der Waals surface area (Å²) in [6, 6.07) is 4.97. The number of nitrogens with two attached hydrogens (primary N) is 1. The molecule has 0 radical (unpaired) electrons. The Bertz CT molecular complexity index is 416. The smallest absolute Gasteiger partial charge is 0.137 e. The van der Waals surface area contributed by atoms with Gasteiger partial charge in [-0.2, -0.15) is 0 Å². The summed E-state index contributed by atoms with van der Waals surface area (Å²) < 4.78 is 19.5. The monoisotopic (exact) mass is 332 g/mol. The van der Waals surface area contributed by atoms with Crippen molar-refractivity contribution in [3.63, 3.8) is 0 Å². The SMILES string of the molecule is CCOC(C)(CC)C(Cc1ccc(F)c(Br)c1)NN. The molecule has 0 aliphatic carbocycles. The minimum atomic E-state index is -0.343. The maximum atomic E-state index is 13.2. The van der Waals surface area contributed by atoms with E-state index in [9.17, 15) is 4.39 Å². The predicted octanol–water partition coefficient (Wildman–Crippen LogP) is 3.17. The second-order valence-electron chi connectivity index (χ2n) is 4.77. The minimum Gasteiger partial charge on any atom is -0.374 e. The molecule has 0 aromatic heterocycles. The molecule has 2 unspecified atom stereocenters. The van der Waals surface area contributed by atoms with E-state index in [1.807, 2.05) is 13.8 Å². The largest absolute Gasteiger partial charge is 0.374 e. The van der Waals surface area contributed by atoms with E-state index in [-0.39, 0.29) is 17.5 Å². The highest BCUT2D eigenvalue weighted by Crippen LogP contribution is 2.24. The van der Waals surface area contributed by atoms with Gasteiger partial charge in [0.15, 0.2) is 0 Å². The fourth-order valence-corrected chi connectivity index (χ4v) is 2.56. The van der Waals surface area contributed by atoms with Crippen LogP contribution < -0.4 is 11.3 Å².